The first-order valence-corrected chi connectivity index (χ1v) is 7.09. The number of thiazole rings is 1. The number of nitrogens with zero attached hydrogens (tertiary/aromatic N) is 3. The number of hydrogen-bond donors (Lipinski definition) is 1. The summed E-state index contributed by atoms with van der Waals surface area (Å²) in [6.45, 7) is 4.71. The molecule has 2 aromatic rings. The van der Waals surface area contributed by atoms with Crippen LogP contribution in [0.15, 0.2) is 16.0 Å². The van der Waals surface area contributed by atoms with Crippen molar-refractivity contribution in [3.63, 3.8) is 0 Å². The molecule has 4 nitrogen and oxygen atoms in total. The number of aliphatic hydroxyl groups excluding tert-OH is 1. The maximum atomic E-state index is 10.2. The van der Waals surface area contributed by atoms with E-state index in [-0.39, 0.29) is 0 Å². The van der Waals surface area contributed by atoms with Gasteiger partial charge in [-0.2, -0.15) is 5.10 Å². The van der Waals surface area contributed by atoms with Crippen LogP contribution in [0.25, 0.3) is 0 Å². The van der Waals surface area contributed by atoms with E-state index in [0.717, 1.165) is 27.4 Å². The minimum absolute atomic E-state index is 0.522. The van der Waals surface area contributed by atoms with Crippen molar-refractivity contribution >= 4 is 27.3 Å². The van der Waals surface area contributed by atoms with Crippen molar-refractivity contribution in [1.82, 2.24) is 14.8 Å². The Hall–Kier alpha value is -0.720. The van der Waals surface area contributed by atoms with Gasteiger partial charge in [-0.05, 0) is 29.8 Å². The molecule has 1 atom stereocenters. The lowest BCUT2D eigenvalue weighted by molar-refractivity contribution is 0.165. The number of aliphatic hydroxyl groups is 1. The van der Waals surface area contributed by atoms with Crippen LogP contribution in [0.2, 0.25) is 0 Å². The average Bonchev–Trinajstić information content (AvgIpc) is 2.84. The van der Waals surface area contributed by atoms with E-state index in [9.17, 15) is 5.11 Å². The largest absolute Gasteiger partial charge is 0.386 e. The van der Waals surface area contributed by atoms with Gasteiger partial charge in [0.05, 0.1) is 27.1 Å². The number of aromatic nitrogens is 3. The lowest BCUT2D eigenvalue weighted by Gasteiger charge is -2.12. The van der Waals surface area contributed by atoms with Crippen molar-refractivity contribution in [2.75, 3.05) is 0 Å². The predicted octanol–water partition coefficient (Wildman–Crippen LogP) is 2.71. The van der Waals surface area contributed by atoms with Gasteiger partial charge in [0.15, 0.2) is 0 Å². The zero-order chi connectivity index (χ0) is 12.4. The van der Waals surface area contributed by atoms with E-state index in [1.54, 1.807) is 22.2 Å². The van der Waals surface area contributed by atoms with Crippen LogP contribution in [-0.2, 0) is 13.0 Å². The molecule has 6 heteroatoms. The molecule has 0 radical (unpaired) electrons. The molecule has 17 heavy (non-hydrogen) atoms. The van der Waals surface area contributed by atoms with Crippen LogP contribution in [0.4, 0.5) is 0 Å². The third-order valence-corrected chi connectivity index (χ3v) is 3.95. The van der Waals surface area contributed by atoms with Crippen LogP contribution in [0.3, 0.4) is 0 Å². The van der Waals surface area contributed by atoms with Crippen LogP contribution in [-0.4, -0.2) is 19.9 Å². The Kier molecular flexibility index (Phi) is 3.96. The van der Waals surface area contributed by atoms with Gasteiger partial charge in [0, 0.05) is 18.3 Å². The predicted molar refractivity (Wildman–Crippen MR) is 71.1 cm³/mol. The second-order valence-electron chi connectivity index (χ2n) is 3.77. The molecule has 2 aromatic heterocycles. The van der Waals surface area contributed by atoms with E-state index in [1.165, 1.54) is 0 Å². The lowest BCUT2D eigenvalue weighted by atomic mass is 10.1. The highest BCUT2D eigenvalue weighted by Crippen LogP contribution is 2.26. The lowest BCUT2D eigenvalue weighted by Crippen LogP contribution is -2.11. The molecular formula is C11H14BrN3OS. The molecule has 0 aliphatic rings. The van der Waals surface area contributed by atoms with Gasteiger partial charge < -0.3 is 5.11 Å². The quantitative estimate of drug-likeness (QED) is 0.943. The second-order valence-corrected chi connectivity index (χ2v) is 5.69. The van der Waals surface area contributed by atoms with Crippen molar-refractivity contribution < 1.29 is 5.11 Å². The molecule has 0 saturated carbocycles. The molecule has 1 N–H and O–H groups in total. The molecule has 0 spiro atoms. The van der Waals surface area contributed by atoms with Gasteiger partial charge in [-0.15, -0.1) is 11.3 Å². The maximum absolute atomic E-state index is 10.2. The van der Waals surface area contributed by atoms with Crippen LogP contribution < -0.4 is 0 Å². The number of aryl methyl sites for hydroxylation is 2. The van der Waals surface area contributed by atoms with E-state index in [1.807, 2.05) is 19.2 Å². The summed E-state index contributed by atoms with van der Waals surface area (Å²) in [6.07, 6.45) is 1.66. The standard InChI is InChI=1S/C11H14BrN3OS/c1-3-15-11(9(12)5-13-15)10(16)4-8-6-17-7(2)14-8/h5-6,10,16H,3-4H2,1-2H3. The Morgan fingerprint density at radius 1 is 1.59 bits per heavy atom. The Morgan fingerprint density at radius 3 is 2.94 bits per heavy atom. The fraction of sp³-hybridized carbons (Fsp3) is 0.455. The van der Waals surface area contributed by atoms with Gasteiger partial charge in [0.2, 0.25) is 0 Å². The van der Waals surface area contributed by atoms with Crippen LogP contribution in [0, 0.1) is 6.92 Å². The minimum Gasteiger partial charge on any atom is -0.386 e. The highest BCUT2D eigenvalue weighted by atomic mass is 79.9. The van der Waals surface area contributed by atoms with Gasteiger partial charge >= 0.3 is 0 Å². The molecule has 0 amide bonds. The monoisotopic (exact) mass is 315 g/mol. The molecule has 0 fully saturated rings. The van der Waals surface area contributed by atoms with E-state index >= 15 is 0 Å². The van der Waals surface area contributed by atoms with Gasteiger partial charge in [-0.3, -0.25) is 4.68 Å². The normalized spacial score (nSPS) is 12.9. The fourth-order valence-electron chi connectivity index (χ4n) is 1.75. The van der Waals surface area contributed by atoms with Gasteiger partial charge in [-0.1, -0.05) is 0 Å². The van der Waals surface area contributed by atoms with Gasteiger partial charge in [-0.25, -0.2) is 4.98 Å². The van der Waals surface area contributed by atoms with E-state index < -0.39 is 6.10 Å². The summed E-state index contributed by atoms with van der Waals surface area (Å²) in [6, 6.07) is 0. The van der Waals surface area contributed by atoms with E-state index in [0.29, 0.717) is 6.42 Å². The SMILES string of the molecule is CCn1ncc(Br)c1C(O)Cc1csc(C)n1. The molecular weight excluding hydrogens is 302 g/mol. The number of halogens is 1. The number of rotatable bonds is 4. The Balaban J connectivity index is 2.19. The molecule has 0 aromatic carbocycles. The summed E-state index contributed by atoms with van der Waals surface area (Å²) < 4.78 is 2.65. The average molecular weight is 316 g/mol. The molecule has 92 valence electrons. The van der Waals surface area contributed by atoms with Crippen molar-refractivity contribution in [1.29, 1.82) is 0 Å². The summed E-state index contributed by atoms with van der Waals surface area (Å²) in [7, 11) is 0. The molecule has 0 aliphatic carbocycles. The molecule has 2 rings (SSSR count). The molecule has 0 aliphatic heterocycles. The van der Waals surface area contributed by atoms with Crippen molar-refractivity contribution in [3.05, 3.63) is 32.4 Å². The highest BCUT2D eigenvalue weighted by Gasteiger charge is 2.18. The molecule has 1 unspecified atom stereocenters. The third-order valence-electron chi connectivity index (χ3n) is 2.52. The zero-order valence-electron chi connectivity index (χ0n) is 9.72. The molecule has 0 saturated heterocycles. The van der Waals surface area contributed by atoms with Gasteiger partial charge in [0.1, 0.15) is 6.10 Å². The van der Waals surface area contributed by atoms with Crippen molar-refractivity contribution in [2.24, 2.45) is 0 Å². The minimum atomic E-state index is -0.576. The summed E-state index contributed by atoms with van der Waals surface area (Å²) >= 11 is 5.02. The summed E-state index contributed by atoms with van der Waals surface area (Å²) in [5.74, 6) is 0. The van der Waals surface area contributed by atoms with Crippen LogP contribution >= 0.6 is 27.3 Å². The van der Waals surface area contributed by atoms with Gasteiger partial charge in [0.25, 0.3) is 0 Å². The molecule has 0 bridgehead atoms. The highest BCUT2D eigenvalue weighted by molar-refractivity contribution is 9.10. The Labute approximate surface area is 112 Å². The summed E-state index contributed by atoms with van der Waals surface area (Å²) in [5.41, 5.74) is 1.74. The van der Waals surface area contributed by atoms with Crippen molar-refractivity contribution in [3.8, 4) is 0 Å². The van der Waals surface area contributed by atoms with Crippen molar-refractivity contribution in [2.45, 2.75) is 32.9 Å². The summed E-state index contributed by atoms with van der Waals surface area (Å²) in [4.78, 5) is 4.36. The van der Waals surface area contributed by atoms with E-state index in [2.05, 4.69) is 26.0 Å². The summed E-state index contributed by atoms with van der Waals surface area (Å²) in [5, 5.41) is 17.4. The Bertz CT molecular complexity index is 509. The number of hydrogen-bond acceptors (Lipinski definition) is 4. The first-order chi connectivity index (χ1) is 8.11. The zero-order valence-corrected chi connectivity index (χ0v) is 12.1. The first kappa shape index (κ1) is 12.7. The Morgan fingerprint density at radius 2 is 2.35 bits per heavy atom. The van der Waals surface area contributed by atoms with Crippen LogP contribution in [0.1, 0.15) is 29.4 Å². The smallest absolute Gasteiger partial charge is 0.102 e. The van der Waals surface area contributed by atoms with E-state index in [4.69, 9.17) is 0 Å². The fourth-order valence-corrected chi connectivity index (χ4v) is 2.94. The molecule has 2 heterocycles. The first-order valence-electron chi connectivity index (χ1n) is 5.42. The topological polar surface area (TPSA) is 50.9 Å². The third kappa shape index (κ3) is 2.75. The van der Waals surface area contributed by atoms with Crippen LogP contribution in [0.5, 0.6) is 0 Å². The second kappa shape index (κ2) is 5.29. The maximum Gasteiger partial charge on any atom is 0.102 e.